The number of aryl methyl sites for hydroxylation is 1. The molecule has 0 fully saturated rings. The minimum Gasteiger partial charge on any atom is -0.478 e. The highest BCUT2D eigenvalue weighted by molar-refractivity contribution is 7.99. The summed E-state index contributed by atoms with van der Waals surface area (Å²) in [5, 5.41) is 18.5. The van der Waals surface area contributed by atoms with Gasteiger partial charge in [-0.15, -0.1) is 5.10 Å². The summed E-state index contributed by atoms with van der Waals surface area (Å²) in [4.78, 5) is 18.5. The summed E-state index contributed by atoms with van der Waals surface area (Å²) < 4.78 is 0. The Bertz CT molecular complexity index is 584. The first-order chi connectivity index (χ1) is 9.17. The zero-order valence-corrected chi connectivity index (χ0v) is 11.5. The molecule has 2 aromatic heterocycles. The van der Waals surface area contributed by atoms with Crippen LogP contribution in [0.15, 0.2) is 22.6 Å². The second-order valence-corrected chi connectivity index (χ2v) is 4.79. The van der Waals surface area contributed by atoms with E-state index in [4.69, 9.17) is 0 Å². The first kappa shape index (κ1) is 13.5. The van der Waals surface area contributed by atoms with E-state index in [2.05, 4.69) is 20.2 Å². The van der Waals surface area contributed by atoms with E-state index in [1.807, 2.05) is 13.8 Å². The molecule has 0 aliphatic carbocycles. The first-order valence-corrected chi connectivity index (χ1v) is 6.77. The van der Waals surface area contributed by atoms with Gasteiger partial charge in [-0.3, -0.25) is 0 Å². The molecule has 0 aliphatic rings. The SMILES string of the molecule is CCc1nnc(Sc2ncc[nH]2)c(C(=O)O)c1CC. The molecule has 2 heterocycles. The summed E-state index contributed by atoms with van der Waals surface area (Å²) in [5.74, 6) is -0.976. The van der Waals surface area contributed by atoms with Crippen LogP contribution in [0.5, 0.6) is 0 Å². The molecule has 19 heavy (non-hydrogen) atoms. The molecule has 0 spiro atoms. The fourth-order valence-corrected chi connectivity index (χ4v) is 2.66. The van der Waals surface area contributed by atoms with Gasteiger partial charge in [-0.2, -0.15) is 5.10 Å². The zero-order valence-electron chi connectivity index (χ0n) is 10.7. The predicted octanol–water partition coefficient (Wildman–Crippen LogP) is 2.17. The lowest BCUT2D eigenvalue weighted by molar-refractivity contribution is 0.0690. The Morgan fingerprint density at radius 1 is 1.37 bits per heavy atom. The Kier molecular flexibility index (Phi) is 4.16. The highest BCUT2D eigenvalue weighted by Gasteiger charge is 2.21. The maximum absolute atomic E-state index is 11.5. The van der Waals surface area contributed by atoms with Gasteiger partial charge in [0.05, 0.1) is 11.3 Å². The van der Waals surface area contributed by atoms with Crippen molar-refractivity contribution in [2.24, 2.45) is 0 Å². The van der Waals surface area contributed by atoms with Gasteiger partial charge in [0.1, 0.15) is 5.03 Å². The van der Waals surface area contributed by atoms with Gasteiger partial charge in [0, 0.05) is 12.4 Å². The molecule has 2 aromatic rings. The van der Waals surface area contributed by atoms with Gasteiger partial charge in [-0.25, -0.2) is 9.78 Å². The Balaban J connectivity index is 2.51. The number of carboxylic acid groups (broad SMARTS) is 1. The van der Waals surface area contributed by atoms with Crippen LogP contribution in [0.25, 0.3) is 0 Å². The van der Waals surface area contributed by atoms with E-state index in [-0.39, 0.29) is 5.56 Å². The molecule has 0 radical (unpaired) electrons. The van der Waals surface area contributed by atoms with Gasteiger partial charge >= 0.3 is 5.97 Å². The fraction of sp³-hybridized carbons (Fsp3) is 0.333. The maximum atomic E-state index is 11.5. The third-order valence-electron chi connectivity index (χ3n) is 2.69. The number of rotatable bonds is 5. The predicted molar refractivity (Wildman–Crippen MR) is 70.5 cm³/mol. The fourth-order valence-electron chi connectivity index (χ4n) is 1.84. The van der Waals surface area contributed by atoms with Crippen molar-refractivity contribution in [2.75, 3.05) is 0 Å². The van der Waals surface area contributed by atoms with Crippen molar-refractivity contribution in [1.29, 1.82) is 0 Å². The van der Waals surface area contributed by atoms with Crippen molar-refractivity contribution in [2.45, 2.75) is 36.9 Å². The Labute approximate surface area is 114 Å². The van der Waals surface area contributed by atoms with Gasteiger partial charge in [0.25, 0.3) is 0 Å². The number of aromatic nitrogens is 4. The maximum Gasteiger partial charge on any atom is 0.338 e. The molecule has 0 bridgehead atoms. The van der Waals surface area contributed by atoms with Gasteiger partial charge in [0.15, 0.2) is 5.16 Å². The van der Waals surface area contributed by atoms with E-state index < -0.39 is 5.97 Å². The number of imidazole rings is 1. The number of nitrogens with one attached hydrogen (secondary N) is 1. The molecule has 0 saturated heterocycles. The number of carboxylic acids is 1. The van der Waals surface area contributed by atoms with Crippen LogP contribution in [0.4, 0.5) is 0 Å². The lowest BCUT2D eigenvalue weighted by Gasteiger charge is -2.10. The third-order valence-corrected chi connectivity index (χ3v) is 3.59. The largest absolute Gasteiger partial charge is 0.478 e. The van der Waals surface area contributed by atoms with Crippen molar-refractivity contribution in [3.8, 4) is 0 Å². The standard InChI is InChI=1S/C12H14N4O2S/c1-3-7-8(4-2)15-16-10(9(7)11(17)18)19-12-13-5-6-14-12/h5-6H,3-4H2,1-2H3,(H,13,14)(H,17,18). The average molecular weight is 278 g/mol. The van der Waals surface area contributed by atoms with Gasteiger partial charge in [-0.1, -0.05) is 13.8 Å². The number of aromatic amines is 1. The summed E-state index contributed by atoms with van der Waals surface area (Å²) in [6, 6.07) is 0. The normalized spacial score (nSPS) is 10.6. The van der Waals surface area contributed by atoms with E-state index in [0.29, 0.717) is 23.0 Å². The molecule has 0 saturated carbocycles. The highest BCUT2D eigenvalue weighted by atomic mass is 32.2. The van der Waals surface area contributed by atoms with E-state index >= 15 is 0 Å². The molecule has 0 unspecified atom stereocenters. The van der Waals surface area contributed by atoms with Gasteiger partial charge < -0.3 is 10.1 Å². The van der Waals surface area contributed by atoms with Crippen molar-refractivity contribution in [1.82, 2.24) is 20.2 Å². The van der Waals surface area contributed by atoms with Crippen molar-refractivity contribution in [3.05, 3.63) is 29.2 Å². The first-order valence-electron chi connectivity index (χ1n) is 5.96. The number of hydrogen-bond donors (Lipinski definition) is 2. The number of nitrogens with zero attached hydrogens (tertiary/aromatic N) is 3. The van der Waals surface area contributed by atoms with Crippen molar-refractivity contribution in [3.63, 3.8) is 0 Å². The molecule has 100 valence electrons. The highest BCUT2D eigenvalue weighted by Crippen LogP contribution is 2.29. The number of hydrogen-bond acceptors (Lipinski definition) is 5. The zero-order chi connectivity index (χ0) is 13.8. The summed E-state index contributed by atoms with van der Waals surface area (Å²) in [6.07, 6.45) is 4.57. The molecular weight excluding hydrogens is 264 g/mol. The van der Waals surface area contributed by atoms with Crippen LogP contribution in [0.1, 0.15) is 35.5 Å². The van der Waals surface area contributed by atoms with Crippen molar-refractivity contribution >= 4 is 17.7 Å². The summed E-state index contributed by atoms with van der Waals surface area (Å²) in [6.45, 7) is 3.86. The topological polar surface area (TPSA) is 91.8 Å². The number of carbonyl (C=O) groups is 1. The molecule has 0 aromatic carbocycles. The Morgan fingerprint density at radius 3 is 2.68 bits per heavy atom. The summed E-state index contributed by atoms with van der Waals surface area (Å²) in [7, 11) is 0. The summed E-state index contributed by atoms with van der Waals surface area (Å²) >= 11 is 1.18. The molecule has 0 aliphatic heterocycles. The van der Waals surface area contributed by atoms with Crippen LogP contribution in [-0.2, 0) is 12.8 Å². The van der Waals surface area contributed by atoms with E-state index in [9.17, 15) is 9.90 Å². The smallest absolute Gasteiger partial charge is 0.338 e. The van der Waals surface area contributed by atoms with Gasteiger partial charge in [-0.05, 0) is 30.2 Å². The lowest BCUT2D eigenvalue weighted by Crippen LogP contribution is -2.11. The molecule has 0 amide bonds. The molecule has 0 atom stereocenters. The number of H-pyrrole nitrogens is 1. The number of aromatic carboxylic acids is 1. The van der Waals surface area contributed by atoms with E-state index in [0.717, 1.165) is 11.3 Å². The molecule has 2 rings (SSSR count). The third kappa shape index (κ3) is 2.76. The monoisotopic (exact) mass is 278 g/mol. The van der Waals surface area contributed by atoms with E-state index in [1.54, 1.807) is 12.4 Å². The van der Waals surface area contributed by atoms with Gasteiger partial charge in [0.2, 0.25) is 0 Å². The lowest BCUT2D eigenvalue weighted by atomic mass is 10.0. The van der Waals surface area contributed by atoms with Crippen LogP contribution < -0.4 is 0 Å². The van der Waals surface area contributed by atoms with Crippen LogP contribution >= 0.6 is 11.8 Å². The minimum absolute atomic E-state index is 0.232. The van der Waals surface area contributed by atoms with Crippen LogP contribution in [-0.4, -0.2) is 31.2 Å². The van der Waals surface area contributed by atoms with E-state index in [1.165, 1.54) is 11.8 Å². The quantitative estimate of drug-likeness (QED) is 0.871. The molecule has 6 nitrogen and oxygen atoms in total. The van der Waals surface area contributed by atoms with Crippen molar-refractivity contribution < 1.29 is 9.90 Å². The summed E-state index contributed by atoms with van der Waals surface area (Å²) in [5.41, 5.74) is 1.72. The molecule has 7 heteroatoms. The van der Waals surface area contributed by atoms with Crippen LogP contribution in [0.3, 0.4) is 0 Å². The molecular formula is C12H14N4O2S. The molecule has 2 N–H and O–H groups in total. The second kappa shape index (κ2) is 5.83. The minimum atomic E-state index is -0.976. The Hall–Kier alpha value is -1.89. The Morgan fingerprint density at radius 2 is 2.16 bits per heavy atom. The second-order valence-electron chi connectivity index (χ2n) is 3.81. The average Bonchev–Trinajstić information content (AvgIpc) is 2.90. The van der Waals surface area contributed by atoms with Crippen LogP contribution in [0.2, 0.25) is 0 Å². The van der Waals surface area contributed by atoms with Crippen LogP contribution in [0, 0.1) is 0 Å².